The topological polar surface area (TPSA) is 38.0 Å². The molecular weight excluding hydrogens is 188 g/mol. The Labute approximate surface area is 90.4 Å². The molecule has 0 amide bonds. The summed E-state index contributed by atoms with van der Waals surface area (Å²) in [5, 5.41) is 13.1. The van der Waals surface area contributed by atoms with E-state index in [1.165, 1.54) is 32.1 Å². The highest BCUT2D eigenvalue weighted by Gasteiger charge is 2.15. The van der Waals surface area contributed by atoms with Crippen molar-refractivity contribution < 1.29 is 5.11 Å². The van der Waals surface area contributed by atoms with Crippen LogP contribution in [0, 0.1) is 6.20 Å². The number of hydrogen-bond donors (Lipinski definition) is 1. The maximum absolute atomic E-state index is 8.65. The Morgan fingerprint density at radius 1 is 1.47 bits per heavy atom. The molecule has 1 aliphatic carbocycles. The molecule has 0 spiro atoms. The van der Waals surface area contributed by atoms with E-state index in [9.17, 15) is 0 Å². The molecule has 1 saturated carbocycles. The molecule has 15 heavy (non-hydrogen) atoms. The van der Waals surface area contributed by atoms with Gasteiger partial charge in [0.25, 0.3) is 0 Å². The van der Waals surface area contributed by atoms with Gasteiger partial charge in [-0.2, -0.15) is 5.10 Å². The first kappa shape index (κ1) is 10.4. The van der Waals surface area contributed by atoms with Crippen LogP contribution in [0.3, 0.4) is 0 Å². The molecule has 0 aromatic carbocycles. The Bertz CT molecular complexity index is 324. The molecule has 81 valence electrons. The van der Waals surface area contributed by atoms with E-state index in [0.717, 1.165) is 5.69 Å². The van der Waals surface area contributed by atoms with Gasteiger partial charge in [-0.15, -0.1) is 0 Å². The van der Waals surface area contributed by atoms with Gasteiger partial charge in [0, 0.05) is 0 Å². The first-order chi connectivity index (χ1) is 7.40. The number of aromatic nitrogens is 2. The molecular formula is C12H17N2O. The Hall–Kier alpha value is -1.09. The first-order valence-electron chi connectivity index (χ1n) is 5.65. The molecule has 2 rings (SSSR count). The normalized spacial score (nSPS) is 18.7. The van der Waals surface area contributed by atoms with Crippen molar-refractivity contribution in [1.82, 2.24) is 9.78 Å². The first-order valence-corrected chi connectivity index (χ1v) is 5.65. The second-order valence-corrected chi connectivity index (χ2v) is 4.02. The van der Waals surface area contributed by atoms with Crippen molar-refractivity contribution in [3.63, 3.8) is 0 Å². The van der Waals surface area contributed by atoms with Crippen LogP contribution in [0.25, 0.3) is 6.08 Å². The minimum atomic E-state index is 0.0658. The van der Waals surface area contributed by atoms with Crippen LogP contribution < -0.4 is 0 Å². The van der Waals surface area contributed by atoms with Crippen molar-refractivity contribution >= 4 is 6.08 Å². The lowest BCUT2D eigenvalue weighted by Gasteiger charge is -2.21. The van der Waals surface area contributed by atoms with E-state index in [4.69, 9.17) is 5.11 Å². The summed E-state index contributed by atoms with van der Waals surface area (Å²) in [6, 6.07) is 2.41. The molecule has 1 aromatic heterocycles. The lowest BCUT2D eigenvalue weighted by molar-refractivity contribution is 0.327. The van der Waals surface area contributed by atoms with Crippen LogP contribution in [0.15, 0.2) is 12.1 Å². The SMILES string of the molecule is OC/C=C/c1c[c]n(C2CCCCC2)n1. The zero-order valence-corrected chi connectivity index (χ0v) is 8.89. The number of nitrogens with zero attached hydrogens (tertiary/aromatic N) is 2. The van der Waals surface area contributed by atoms with Gasteiger partial charge in [0.1, 0.15) is 0 Å². The third-order valence-electron chi connectivity index (χ3n) is 2.88. The zero-order chi connectivity index (χ0) is 10.5. The summed E-state index contributed by atoms with van der Waals surface area (Å²) in [6.45, 7) is 0.0658. The monoisotopic (exact) mass is 205 g/mol. The molecule has 1 aliphatic rings. The van der Waals surface area contributed by atoms with Crippen molar-refractivity contribution in [2.45, 2.75) is 38.1 Å². The maximum Gasteiger partial charge on any atom is 0.0873 e. The van der Waals surface area contributed by atoms with Crippen molar-refractivity contribution in [1.29, 1.82) is 0 Å². The van der Waals surface area contributed by atoms with Crippen molar-refractivity contribution in [2.24, 2.45) is 0 Å². The summed E-state index contributed by atoms with van der Waals surface area (Å²) >= 11 is 0. The molecule has 0 saturated heterocycles. The van der Waals surface area contributed by atoms with E-state index in [1.807, 2.05) is 16.8 Å². The molecule has 1 heterocycles. The average Bonchev–Trinajstić information content (AvgIpc) is 2.76. The number of rotatable bonds is 3. The van der Waals surface area contributed by atoms with Gasteiger partial charge in [-0.05, 0) is 25.0 Å². The maximum atomic E-state index is 8.65. The van der Waals surface area contributed by atoms with E-state index in [0.29, 0.717) is 6.04 Å². The van der Waals surface area contributed by atoms with Crippen molar-refractivity contribution in [2.75, 3.05) is 6.61 Å². The third kappa shape index (κ3) is 2.69. The predicted molar refractivity (Wildman–Crippen MR) is 59.3 cm³/mol. The van der Waals surface area contributed by atoms with Gasteiger partial charge in [-0.1, -0.05) is 25.3 Å². The second kappa shape index (κ2) is 5.12. The summed E-state index contributed by atoms with van der Waals surface area (Å²) in [5.74, 6) is 0. The van der Waals surface area contributed by atoms with E-state index in [1.54, 1.807) is 6.08 Å². The summed E-state index contributed by atoms with van der Waals surface area (Å²) in [7, 11) is 0. The highest BCUT2D eigenvalue weighted by atomic mass is 16.2. The van der Waals surface area contributed by atoms with Gasteiger partial charge in [0.2, 0.25) is 0 Å². The second-order valence-electron chi connectivity index (χ2n) is 4.02. The summed E-state index contributed by atoms with van der Waals surface area (Å²) < 4.78 is 1.95. The minimum Gasteiger partial charge on any atom is -0.392 e. The molecule has 1 radical (unpaired) electrons. The predicted octanol–water partition coefficient (Wildman–Crippen LogP) is 2.19. The van der Waals surface area contributed by atoms with Crippen molar-refractivity contribution in [3.05, 3.63) is 24.0 Å². The lowest BCUT2D eigenvalue weighted by atomic mass is 9.96. The van der Waals surface area contributed by atoms with E-state index in [2.05, 4.69) is 11.3 Å². The molecule has 0 atom stereocenters. The largest absolute Gasteiger partial charge is 0.392 e. The van der Waals surface area contributed by atoms with E-state index in [-0.39, 0.29) is 6.61 Å². The fraction of sp³-hybridized carbons (Fsp3) is 0.583. The Kier molecular flexibility index (Phi) is 3.56. The molecule has 0 unspecified atom stereocenters. The zero-order valence-electron chi connectivity index (χ0n) is 8.89. The Morgan fingerprint density at radius 3 is 3.00 bits per heavy atom. The third-order valence-corrected chi connectivity index (χ3v) is 2.88. The minimum absolute atomic E-state index is 0.0658. The fourth-order valence-corrected chi connectivity index (χ4v) is 2.08. The van der Waals surface area contributed by atoms with E-state index >= 15 is 0 Å². The summed E-state index contributed by atoms with van der Waals surface area (Å²) in [4.78, 5) is 0. The number of aliphatic hydroxyl groups excluding tert-OH is 1. The molecule has 0 aliphatic heterocycles. The highest BCUT2D eigenvalue weighted by Crippen LogP contribution is 2.27. The quantitative estimate of drug-likeness (QED) is 0.821. The number of aliphatic hydroxyl groups is 1. The van der Waals surface area contributed by atoms with Gasteiger partial charge in [-0.3, -0.25) is 4.68 Å². The standard InChI is InChI=1S/C12H17N2O/c15-10-4-5-11-8-9-14(13-11)12-6-2-1-3-7-12/h4-5,8,12,15H,1-3,6-7,10H2/b5-4+. The Morgan fingerprint density at radius 2 is 2.27 bits per heavy atom. The average molecular weight is 205 g/mol. The molecule has 3 heteroatoms. The van der Waals surface area contributed by atoms with Gasteiger partial charge in [0.15, 0.2) is 0 Å². The molecule has 0 bridgehead atoms. The van der Waals surface area contributed by atoms with Crippen molar-refractivity contribution in [3.8, 4) is 0 Å². The van der Waals surface area contributed by atoms with Gasteiger partial charge in [-0.25, -0.2) is 0 Å². The highest BCUT2D eigenvalue weighted by molar-refractivity contribution is 5.43. The van der Waals surface area contributed by atoms with Crippen LogP contribution in [-0.4, -0.2) is 21.5 Å². The van der Waals surface area contributed by atoms with Gasteiger partial charge >= 0.3 is 0 Å². The van der Waals surface area contributed by atoms with Crippen LogP contribution in [0.2, 0.25) is 0 Å². The fourth-order valence-electron chi connectivity index (χ4n) is 2.08. The van der Waals surface area contributed by atoms with Gasteiger partial charge in [0.05, 0.1) is 24.5 Å². The van der Waals surface area contributed by atoms with Crippen LogP contribution in [-0.2, 0) is 0 Å². The van der Waals surface area contributed by atoms with Crippen LogP contribution in [0.5, 0.6) is 0 Å². The van der Waals surface area contributed by atoms with Crippen LogP contribution in [0.4, 0.5) is 0 Å². The van der Waals surface area contributed by atoms with Crippen LogP contribution in [0.1, 0.15) is 43.8 Å². The van der Waals surface area contributed by atoms with E-state index < -0.39 is 0 Å². The number of hydrogen-bond acceptors (Lipinski definition) is 2. The molecule has 1 fully saturated rings. The Balaban J connectivity index is 2.02. The summed E-state index contributed by atoms with van der Waals surface area (Å²) in [6.07, 6.45) is 13.1. The lowest BCUT2D eigenvalue weighted by Crippen LogP contribution is -2.13. The molecule has 1 aromatic rings. The smallest absolute Gasteiger partial charge is 0.0873 e. The van der Waals surface area contributed by atoms with Gasteiger partial charge < -0.3 is 5.11 Å². The summed E-state index contributed by atoms with van der Waals surface area (Å²) in [5.41, 5.74) is 0.884. The van der Waals surface area contributed by atoms with Crippen LogP contribution >= 0.6 is 0 Å². The molecule has 1 N–H and O–H groups in total. The molecule has 3 nitrogen and oxygen atoms in total.